The summed E-state index contributed by atoms with van der Waals surface area (Å²) in [7, 11) is 0. The molecule has 0 unspecified atom stereocenters. The van der Waals surface area contributed by atoms with Crippen molar-refractivity contribution in [3.63, 3.8) is 0 Å². The Hall–Kier alpha value is -1.26. The highest BCUT2D eigenvalue weighted by molar-refractivity contribution is 6.32. The molecule has 1 atom stereocenters. The molecule has 1 aromatic rings. The smallest absolute Gasteiger partial charge is 0.258 e. The Kier molecular flexibility index (Phi) is 6.82. The largest absolute Gasteiger partial charge is 0.482 e. The Morgan fingerprint density at radius 1 is 1.40 bits per heavy atom. The number of nitrogens with two attached hydrogens (primary N) is 1. The molecular formula is C15H23ClN2O2. The number of ether oxygens (including phenoxy) is 1. The average Bonchev–Trinajstić information content (AvgIpc) is 2.43. The lowest BCUT2D eigenvalue weighted by Gasteiger charge is -2.15. The van der Waals surface area contributed by atoms with Gasteiger partial charge in [0.2, 0.25) is 0 Å². The van der Waals surface area contributed by atoms with Crippen molar-refractivity contribution in [2.75, 3.05) is 6.61 Å². The van der Waals surface area contributed by atoms with Crippen LogP contribution < -0.4 is 15.8 Å². The molecule has 0 aliphatic heterocycles. The molecule has 0 heterocycles. The van der Waals surface area contributed by atoms with Crippen molar-refractivity contribution in [2.45, 2.75) is 45.7 Å². The van der Waals surface area contributed by atoms with Gasteiger partial charge in [-0.05, 0) is 37.5 Å². The second kappa shape index (κ2) is 8.12. The van der Waals surface area contributed by atoms with Gasteiger partial charge < -0.3 is 15.8 Å². The van der Waals surface area contributed by atoms with Gasteiger partial charge in [0.25, 0.3) is 5.91 Å². The van der Waals surface area contributed by atoms with Crippen LogP contribution in [0.5, 0.6) is 5.75 Å². The summed E-state index contributed by atoms with van der Waals surface area (Å²) in [4.78, 5) is 11.7. The summed E-state index contributed by atoms with van der Waals surface area (Å²) >= 11 is 6.10. The van der Waals surface area contributed by atoms with Gasteiger partial charge in [0, 0.05) is 12.1 Å². The molecule has 0 saturated carbocycles. The summed E-state index contributed by atoms with van der Waals surface area (Å²) in [6, 6.07) is 5.47. The molecule has 0 bridgehead atoms. The van der Waals surface area contributed by atoms with Crippen LogP contribution in [0.2, 0.25) is 5.02 Å². The second-order valence-electron chi connectivity index (χ2n) is 4.85. The first kappa shape index (κ1) is 16.8. The molecule has 4 nitrogen and oxygen atoms in total. The lowest BCUT2D eigenvalue weighted by atomic mass is 10.1. The van der Waals surface area contributed by atoms with E-state index >= 15 is 0 Å². The first-order chi connectivity index (χ1) is 9.47. The zero-order chi connectivity index (χ0) is 15.1. The first-order valence-corrected chi connectivity index (χ1v) is 7.32. The van der Waals surface area contributed by atoms with E-state index in [4.69, 9.17) is 22.1 Å². The van der Waals surface area contributed by atoms with Gasteiger partial charge >= 0.3 is 0 Å². The van der Waals surface area contributed by atoms with Crippen LogP contribution in [0.25, 0.3) is 0 Å². The Morgan fingerprint density at radius 3 is 2.55 bits per heavy atom. The maximum absolute atomic E-state index is 11.7. The number of halogens is 1. The van der Waals surface area contributed by atoms with Gasteiger partial charge in [-0.15, -0.1) is 0 Å². The number of carbonyl (C=O) groups is 1. The van der Waals surface area contributed by atoms with Crippen LogP contribution in [-0.2, 0) is 4.79 Å². The predicted octanol–water partition coefficient (Wildman–Crippen LogP) is 3.04. The normalized spacial score (nSPS) is 12.3. The minimum Gasteiger partial charge on any atom is -0.482 e. The van der Waals surface area contributed by atoms with Gasteiger partial charge in [0.15, 0.2) is 6.61 Å². The lowest BCUT2D eigenvalue weighted by Crippen LogP contribution is -2.37. The van der Waals surface area contributed by atoms with Crippen LogP contribution in [0.4, 0.5) is 0 Å². The summed E-state index contributed by atoms with van der Waals surface area (Å²) in [5, 5.41) is 3.38. The average molecular weight is 299 g/mol. The van der Waals surface area contributed by atoms with E-state index in [1.54, 1.807) is 12.1 Å². The van der Waals surface area contributed by atoms with Crippen molar-refractivity contribution in [3.05, 3.63) is 28.8 Å². The molecule has 3 N–H and O–H groups in total. The third kappa shape index (κ3) is 5.02. The fraction of sp³-hybridized carbons (Fsp3) is 0.533. The molecule has 0 saturated heterocycles. The van der Waals surface area contributed by atoms with Crippen LogP contribution >= 0.6 is 11.6 Å². The number of nitrogens with one attached hydrogen (secondary N) is 1. The van der Waals surface area contributed by atoms with Gasteiger partial charge in [0.1, 0.15) is 5.75 Å². The molecule has 1 aromatic carbocycles. The predicted molar refractivity (Wildman–Crippen MR) is 82.1 cm³/mol. The van der Waals surface area contributed by atoms with Crippen molar-refractivity contribution in [3.8, 4) is 5.75 Å². The van der Waals surface area contributed by atoms with E-state index in [0.29, 0.717) is 10.8 Å². The number of hydrogen-bond donors (Lipinski definition) is 2. The van der Waals surface area contributed by atoms with E-state index in [-0.39, 0.29) is 24.6 Å². The first-order valence-electron chi connectivity index (χ1n) is 6.95. The molecular weight excluding hydrogens is 276 g/mol. The quantitative estimate of drug-likeness (QED) is 0.813. The van der Waals surface area contributed by atoms with Gasteiger partial charge in [-0.2, -0.15) is 0 Å². The fourth-order valence-corrected chi connectivity index (χ4v) is 2.07. The highest BCUT2D eigenvalue weighted by Crippen LogP contribution is 2.27. The highest BCUT2D eigenvalue weighted by atomic mass is 35.5. The van der Waals surface area contributed by atoms with Gasteiger partial charge in [-0.25, -0.2) is 0 Å². The zero-order valence-electron chi connectivity index (χ0n) is 12.3. The molecule has 0 aliphatic carbocycles. The van der Waals surface area contributed by atoms with E-state index < -0.39 is 0 Å². The number of amides is 1. The summed E-state index contributed by atoms with van der Waals surface area (Å²) < 4.78 is 5.44. The molecule has 112 valence electrons. The maximum atomic E-state index is 11.7. The molecule has 1 amide bonds. The van der Waals surface area contributed by atoms with Crippen molar-refractivity contribution in [1.82, 2.24) is 5.32 Å². The second-order valence-corrected chi connectivity index (χ2v) is 5.26. The molecule has 5 heteroatoms. The van der Waals surface area contributed by atoms with Crippen LogP contribution in [-0.4, -0.2) is 18.6 Å². The van der Waals surface area contributed by atoms with E-state index in [0.717, 1.165) is 18.4 Å². The molecule has 0 aliphatic rings. The van der Waals surface area contributed by atoms with E-state index in [1.807, 2.05) is 26.8 Å². The minimum atomic E-state index is -0.133. The SMILES string of the molecule is CCC(CC)NC(=O)COc1ccc([C@H](C)N)cc1Cl. The van der Waals surface area contributed by atoms with Crippen LogP contribution in [0, 0.1) is 0 Å². The molecule has 0 spiro atoms. The third-order valence-corrected chi connectivity index (χ3v) is 3.49. The van der Waals surface area contributed by atoms with Crippen LogP contribution in [0.3, 0.4) is 0 Å². The molecule has 0 fully saturated rings. The third-order valence-electron chi connectivity index (χ3n) is 3.19. The Labute approximate surface area is 125 Å². The number of benzene rings is 1. The Bertz CT molecular complexity index is 445. The van der Waals surface area contributed by atoms with Crippen LogP contribution in [0.15, 0.2) is 18.2 Å². The van der Waals surface area contributed by atoms with Crippen molar-refractivity contribution in [2.24, 2.45) is 5.73 Å². The van der Waals surface area contributed by atoms with E-state index in [9.17, 15) is 4.79 Å². The molecule has 20 heavy (non-hydrogen) atoms. The molecule has 0 radical (unpaired) electrons. The molecule has 0 aromatic heterocycles. The number of hydrogen-bond acceptors (Lipinski definition) is 3. The molecule has 1 rings (SSSR count). The standard InChI is InChI=1S/C15H23ClN2O2/c1-4-12(5-2)18-15(19)9-20-14-7-6-11(10(3)17)8-13(14)16/h6-8,10,12H,4-5,9,17H2,1-3H3,(H,18,19)/t10-/m0/s1. The topological polar surface area (TPSA) is 64.3 Å². The van der Waals surface area contributed by atoms with Crippen molar-refractivity contribution in [1.29, 1.82) is 0 Å². The van der Waals surface area contributed by atoms with E-state index in [2.05, 4.69) is 5.32 Å². The number of carbonyl (C=O) groups excluding carboxylic acids is 1. The highest BCUT2D eigenvalue weighted by Gasteiger charge is 2.11. The Morgan fingerprint density at radius 2 is 2.05 bits per heavy atom. The zero-order valence-corrected chi connectivity index (χ0v) is 13.0. The van der Waals surface area contributed by atoms with Gasteiger partial charge in [-0.3, -0.25) is 4.79 Å². The van der Waals surface area contributed by atoms with Crippen LogP contribution in [0.1, 0.15) is 45.2 Å². The maximum Gasteiger partial charge on any atom is 0.258 e. The minimum absolute atomic E-state index is 0.0340. The number of rotatable bonds is 7. The van der Waals surface area contributed by atoms with Crippen molar-refractivity contribution < 1.29 is 9.53 Å². The summed E-state index contributed by atoms with van der Waals surface area (Å²) in [6.45, 7) is 5.93. The van der Waals surface area contributed by atoms with Gasteiger partial charge in [-0.1, -0.05) is 31.5 Å². The fourth-order valence-electron chi connectivity index (χ4n) is 1.82. The lowest BCUT2D eigenvalue weighted by molar-refractivity contribution is -0.123. The summed E-state index contributed by atoms with van der Waals surface area (Å²) in [6.07, 6.45) is 1.82. The van der Waals surface area contributed by atoms with Gasteiger partial charge in [0.05, 0.1) is 5.02 Å². The van der Waals surface area contributed by atoms with Crippen molar-refractivity contribution >= 4 is 17.5 Å². The summed E-state index contributed by atoms with van der Waals surface area (Å²) in [5.74, 6) is 0.363. The Balaban J connectivity index is 2.55. The van der Waals surface area contributed by atoms with E-state index in [1.165, 1.54) is 0 Å². The monoisotopic (exact) mass is 298 g/mol. The summed E-state index contributed by atoms with van der Waals surface area (Å²) in [5.41, 5.74) is 6.71.